The first-order valence-electron chi connectivity index (χ1n) is 25.1. The van der Waals surface area contributed by atoms with Crippen LogP contribution in [0.4, 0.5) is 0 Å². The van der Waals surface area contributed by atoms with Crippen molar-refractivity contribution < 1.29 is 17.8 Å². The standard InChI is InChI=1S/C54H35N3/c1-2-13-36(14-3-1)37-25-27-38(28-26-37)39-29-31-40(32-30-39)55-47-19-8-6-17-44(47)46-35-41(33-34-51(46)55)56-50-22-11-7-18-45(50)54-52(56)23-12-24-53(54)57-48-20-9-4-15-42(48)43-16-5-10-21-49(43)57/h1-35H/i1D,2D,3D,13D,14D,25D,26D,27D,28D,29D,30D,31D,32D. The van der Waals surface area contributed by atoms with Gasteiger partial charge in [-0.15, -0.1) is 0 Å². The zero-order valence-electron chi connectivity index (χ0n) is 43.0. The minimum Gasteiger partial charge on any atom is -0.309 e. The van der Waals surface area contributed by atoms with Crippen LogP contribution in [0, 0.1) is 0 Å². The Balaban J connectivity index is 1.06. The molecule has 12 rings (SSSR count). The Hall–Kier alpha value is -7.62. The summed E-state index contributed by atoms with van der Waals surface area (Å²) in [4.78, 5) is 0. The summed E-state index contributed by atoms with van der Waals surface area (Å²) in [6.45, 7) is 0. The molecule has 0 amide bonds. The number of rotatable bonds is 5. The van der Waals surface area contributed by atoms with E-state index in [4.69, 9.17) is 12.3 Å². The number of benzene rings is 9. The van der Waals surface area contributed by atoms with E-state index < -0.39 is 101 Å². The summed E-state index contributed by atoms with van der Waals surface area (Å²) in [5, 5.41) is 6.02. The summed E-state index contributed by atoms with van der Waals surface area (Å²) in [5.41, 5.74) is 5.09. The third kappa shape index (κ3) is 4.79. The van der Waals surface area contributed by atoms with Crippen LogP contribution >= 0.6 is 0 Å². The maximum absolute atomic E-state index is 9.47. The van der Waals surface area contributed by atoms with Crippen molar-refractivity contribution in [1.82, 2.24) is 13.7 Å². The maximum atomic E-state index is 9.47. The molecule has 9 aromatic carbocycles. The molecule has 0 aliphatic carbocycles. The first-order chi connectivity index (χ1) is 33.7. The van der Waals surface area contributed by atoms with Gasteiger partial charge in [-0.1, -0.05) is 145 Å². The van der Waals surface area contributed by atoms with Crippen LogP contribution in [0.15, 0.2) is 212 Å². The number of fused-ring (bicyclic) bond motifs is 9. The van der Waals surface area contributed by atoms with Crippen LogP contribution in [0.5, 0.6) is 0 Å². The zero-order valence-corrected chi connectivity index (χ0v) is 30.0. The van der Waals surface area contributed by atoms with Gasteiger partial charge in [0.15, 0.2) is 0 Å². The van der Waals surface area contributed by atoms with Crippen LogP contribution in [0.3, 0.4) is 0 Å². The summed E-state index contributed by atoms with van der Waals surface area (Å²) in [6, 6.07) is 36.2. The second-order valence-corrected chi connectivity index (χ2v) is 13.9. The van der Waals surface area contributed by atoms with Crippen LogP contribution in [0.1, 0.15) is 17.8 Å². The van der Waals surface area contributed by atoms with E-state index in [2.05, 4.69) is 94.1 Å². The van der Waals surface area contributed by atoms with Gasteiger partial charge in [0.2, 0.25) is 0 Å². The first-order valence-corrected chi connectivity index (χ1v) is 18.6. The lowest BCUT2D eigenvalue weighted by atomic mass is 10.0. The molecule has 0 unspecified atom stereocenters. The molecule has 0 radical (unpaired) electrons. The number of hydrogen-bond donors (Lipinski definition) is 0. The van der Waals surface area contributed by atoms with Gasteiger partial charge in [0, 0.05) is 43.7 Å². The lowest BCUT2D eigenvalue weighted by molar-refractivity contribution is 1.16. The van der Waals surface area contributed by atoms with Crippen molar-refractivity contribution >= 4 is 65.4 Å². The van der Waals surface area contributed by atoms with Crippen molar-refractivity contribution in [3.05, 3.63) is 212 Å². The van der Waals surface area contributed by atoms with Gasteiger partial charge in [0.05, 0.1) is 56.6 Å². The van der Waals surface area contributed by atoms with E-state index in [1.807, 2.05) is 48.5 Å². The van der Waals surface area contributed by atoms with Crippen molar-refractivity contribution in [2.45, 2.75) is 0 Å². The Morgan fingerprint density at radius 1 is 0.298 bits per heavy atom. The van der Waals surface area contributed by atoms with Gasteiger partial charge in [-0.2, -0.15) is 0 Å². The molecule has 0 atom stereocenters. The predicted molar refractivity (Wildman–Crippen MR) is 240 cm³/mol. The van der Waals surface area contributed by atoms with E-state index in [0.29, 0.717) is 11.0 Å². The van der Waals surface area contributed by atoms with E-state index in [0.717, 1.165) is 65.8 Å². The molecule has 0 N–H and O–H groups in total. The minimum atomic E-state index is -0.764. The Labute approximate surface area is 347 Å². The molecule has 0 aliphatic rings. The number of nitrogens with zero attached hydrogens (tertiary/aromatic N) is 3. The Bertz CT molecular complexity index is 4160. The molecule has 0 aliphatic heterocycles. The summed E-state index contributed by atoms with van der Waals surface area (Å²) >= 11 is 0. The summed E-state index contributed by atoms with van der Waals surface area (Å²) in [6.07, 6.45) is 0. The topological polar surface area (TPSA) is 14.8 Å². The Kier molecular flexibility index (Phi) is 4.69. The molecule has 0 saturated heterocycles. The summed E-state index contributed by atoms with van der Waals surface area (Å²) < 4.78 is 121. The van der Waals surface area contributed by atoms with Gasteiger partial charge in [-0.3, -0.25) is 0 Å². The highest BCUT2D eigenvalue weighted by atomic mass is 15.0. The fourth-order valence-electron chi connectivity index (χ4n) is 8.47. The van der Waals surface area contributed by atoms with Crippen LogP contribution in [-0.4, -0.2) is 13.7 Å². The van der Waals surface area contributed by atoms with Gasteiger partial charge in [0.25, 0.3) is 0 Å². The molecule has 266 valence electrons. The Morgan fingerprint density at radius 3 is 1.35 bits per heavy atom. The second-order valence-electron chi connectivity index (χ2n) is 13.9. The van der Waals surface area contributed by atoms with Crippen molar-refractivity contribution in [1.29, 1.82) is 0 Å². The third-order valence-corrected chi connectivity index (χ3v) is 10.9. The first kappa shape index (κ1) is 21.5. The molecule has 3 heteroatoms. The highest BCUT2D eigenvalue weighted by Gasteiger charge is 2.20. The summed E-state index contributed by atoms with van der Waals surface area (Å²) in [7, 11) is 0. The molecule has 3 heterocycles. The maximum Gasteiger partial charge on any atom is 0.0645 e. The fraction of sp³-hybridized carbons (Fsp3) is 0. The third-order valence-electron chi connectivity index (χ3n) is 10.9. The largest absolute Gasteiger partial charge is 0.309 e. The van der Waals surface area contributed by atoms with Crippen molar-refractivity contribution in [3.8, 4) is 39.3 Å². The van der Waals surface area contributed by atoms with Crippen LogP contribution in [0.2, 0.25) is 0 Å². The molecule has 0 saturated carbocycles. The number of hydrogen-bond acceptors (Lipinski definition) is 0. The fourth-order valence-corrected chi connectivity index (χ4v) is 8.47. The number of aromatic nitrogens is 3. The normalized spacial score (nSPS) is 15.1. The zero-order chi connectivity index (χ0) is 48.8. The molecular formula is C54H35N3. The lowest BCUT2D eigenvalue weighted by Crippen LogP contribution is -1.97. The van der Waals surface area contributed by atoms with Gasteiger partial charge < -0.3 is 13.7 Å². The van der Waals surface area contributed by atoms with Crippen LogP contribution < -0.4 is 0 Å². The van der Waals surface area contributed by atoms with Crippen LogP contribution in [0.25, 0.3) is 105 Å². The van der Waals surface area contributed by atoms with Crippen molar-refractivity contribution in [2.75, 3.05) is 0 Å². The summed E-state index contributed by atoms with van der Waals surface area (Å²) in [5.74, 6) is 0. The molecule has 12 aromatic rings. The molecule has 3 aromatic heterocycles. The van der Waals surface area contributed by atoms with Gasteiger partial charge in [-0.05, 0) is 88.9 Å². The Morgan fingerprint density at radius 2 is 0.737 bits per heavy atom. The predicted octanol–water partition coefficient (Wildman–Crippen LogP) is 14.3. The second kappa shape index (κ2) is 12.5. The molecule has 0 bridgehead atoms. The monoisotopic (exact) mass is 738 g/mol. The molecule has 0 spiro atoms. The van der Waals surface area contributed by atoms with E-state index in [9.17, 15) is 5.48 Å². The van der Waals surface area contributed by atoms with Gasteiger partial charge in [-0.25, -0.2) is 0 Å². The van der Waals surface area contributed by atoms with Crippen molar-refractivity contribution in [3.63, 3.8) is 0 Å². The number of para-hydroxylation sites is 4. The van der Waals surface area contributed by atoms with E-state index in [-0.39, 0.29) is 5.69 Å². The molecule has 0 fully saturated rings. The highest BCUT2D eigenvalue weighted by molar-refractivity contribution is 6.17. The molecule has 3 nitrogen and oxygen atoms in total. The molecule has 57 heavy (non-hydrogen) atoms. The molecular weight excluding hydrogens is 691 g/mol. The quantitative estimate of drug-likeness (QED) is 0.167. The highest BCUT2D eigenvalue weighted by Crippen LogP contribution is 2.41. The minimum absolute atomic E-state index is 0.0867. The van der Waals surface area contributed by atoms with Gasteiger partial charge >= 0.3 is 0 Å². The smallest absolute Gasteiger partial charge is 0.0645 e. The van der Waals surface area contributed by atoms with Gasteiger partial charge in [0.1, 0.15) is 0 Å². The average Bonchev–Trinajstić information content (AvgIpc) is 4.02. The van der Waals surface area contributed by atoms with E-state index >= 15 is 0 Å². The van der Waals surface area contributed by atoms with Crippen molar-refractivity contribution in [2.24, 2.45) is 0 Å². The SMILES string of the molecule is [2H]c1c([2H])c([2H])c(-c2c([2H])c([2H])c(-c3c([2H])c([2H])c(-n4c5ccccc5c5cc(-n6c7ccccc7c7c(-n8c9ccccc9c9ccccc98)cccc76)ccc54)c([2H])c3[2H])c([2H])c2[2H])c([2H])c1[2H]. The van der Waals surface area contributed by atoms with E-state index in [1.54, 1.807) is 4.57 Å². The average molecular weight is 739 g/mol. The van der Waals surface area contributed by atoms with E-state index in [1.165, 1.54) is 0 Å². The lowest BCUT2D eigenvalue weighted by Gasteiger charge is -2.12. The van der Waals surface area contributed by atoms with Crippen LogP contribution in [-0.2, 0) is 0 Å².